The second-order valence-corrected chi connectivity index (χ2v) is 7.19. The van der Waals surface area contributed by atoms with Crippen LogP contribution >= 0.6 is 11.8 Å². The van der Waals surface area contributed by atoms with E-state index in [1.807, 2.05) is 13.2 Å². The van der Waals surface area contributed by atoms with Gasteiger partial charge in [-0.1, -0.05) is 13.3 Å². The van der Waals surface area contributed by atoms with Crippen LogP contribution in [0.15, 0.2) is 0 Å². The van der Waals surface area contributed by atoms with Gasteiger partial charge in [-0.2, -0.15) is 29.2 Å². The van der Waals surface area contributed by atoms with Crippen molar-refractivity contribution in [2.24, 2.45) is 0 Å². The quantitative estimate of drug-likeness (QED) is 0.729. The molecule has 0 aromatic heterocycles. The van der Waals surface area contributed by atoms with E-state index in [4.69, 9.17) is 0 Å². The Morgan fingerprint density at radius 1 is 1.50 bits per heavy atom. The molecular formula is C11H24N2O3S2. The van der Waals surface area contributed by atoms with Gasteiger partial charge in [0, 0.05) is 24.4 Å². The number of rotatable bonds is 7. The largest absolute Gasteiger partial charge is 0.395 e. The SMILES string of the molecule is CCC(CSC)NS(=O)(=O)N1CCCCC1CO. The van der Waals surface area contributed by atoms with Crippen LogP contribution in [0.1, 0.15) is 32.6 Å². The number of hydrogen-bond acceptors (Lipinski definition) is 4. The van der Waals surface area contributed by atoms with Crippen molar-refractivity contribution in [3.05, 3.63) is 0 Å². The van der Waals surface area contributed by atoms with Crippen LogP contribution < -0.4 is 4.72 Å². The first-order chi connectivity index (χ1) is 8.55. The lowest BCUT2D eigenvalue weighted by Gasteiger charge is -2.34. The molecule has 0 bridgehead atoms. The van der Waals surface area contributed by atoms with Gasteiger partial charge < -0.3 is 5.11 Å². The van der Waals surface area contributed by atoms with Crippen molar-refractivity contribution in [2.75, 3.05) is 25.2 Å². The summed E-state index contributed by atoms with van der Waals surface area (Å²) in [6.07, 6.45) is 5.35. The number of piperidine rings is 1. The fraction of sp³-hybridized carbons (Fsp3) is 1.00. The average Bonchev–Trinajstić information content (AvgIpc) is 2.38. The van der Waals surface area contributed by atoms with Gasteiger partial charge in [0.25, 0.3) is 10.2 Å². The lowest BCUT2D eigenvalue weighted by atomic mass is 10.1. The summed E-state index contributed by atoms with van der Waals surface area (Å²) in [4.78, 5) is 0. The topological polar surface area (TPSA) is 69.6 Å². The zero-order valence-corrected chi connectivity index (χ0v) is 12.8. The summed E-state index contributed by atoms with van der Waals surface area (Å²) >= 11 is 1.63. The van der Waals surface area contributed by atoms with E-state index < -0.39 is 10.2 Å². The molecule has 1 rings (SSSR count). The molecule has 108 valence electrons. The van der Waals surface area contributed by atoms with Crippen LogP contribution in [0.2, 0.25) is 0 Å². The highest BCUT2D eigenvalue weighted by Crippen LogP contribution is 2.20. The Labute approximate surface area is 115 Å². The smallest absolute Gasteiger partial charge is 0.280 e. The van der Waals surface area contributed by atoms with Gasteiger partial charge in [-0.15, -0.1) is 0 Å². The summed E-state index contributed by atoms with van der Waals surface area (Å²) in [5.74, 6) is 0.771. The van der Waals surface area contributed by atoms with Gasteiger partial charge in [0.15, 0.2) is 0 Å². The van der Waals surface area contributed by atoms with Gasteiger partial charge in [0.05, 0.1) is 6.61 Å². The Bertz CT molecular complexity index is 335. The van der Waals surface area contributed by atoms with Crippen LogP contribution in [0.4, 0.5) is 0 Å². The van der Waals surface area contributed by atoms with Gasteiger partial charge >= 0.3 is 0 Å². The lowest BCUT2D eigenvalue weighted by molar-refractivity contribution is 0.153. The maximum Gasteiger partial charge on any atom is 0.280 e. The predicted octanol–water partition coefficient (Wildman–Crippen LogP) is 0.809. The Kier molecular flexibility index (Phi) is 6.94. The highest BCUT2D eigenvalue weighted by atomic mass is 32.2. The summed E-state index contributed by atoms with van der Waals surface area (Å²) in [6, 6.07) is -0.297. The molecule has 1 aliphatic heterocycles. The van der Waals surface area contributed by atoms with Gasteiger partial charge in [-0.05, 0) is 25.5 Å². The molecule has 1 fully saturated rings. The molecule has 1 saturated heterocycles. The normalized spacial score (nSPS) is 24.1. The Morgan fingerprint density at radius 2 is 2.22 bits per heavy atom. The van der Waals surface area contributed by atoms with E-state index >= 15 is 0 Å². The van der Waals surface area contributed by atoms with Crippen LogP contribution in [0.25, 0.3) is 0 Å². The fourth-order valence-corrected chi connectivity index (χ4v) is 4.76. The third-order valence-corrected chi connectivity index (χ3v) is 5.73. The van der Waals surface area contributed by atoms with Gasteiger partial charge in [-0.25, -0.2) is 0 Å². The van der Waals surface area contributed by atoms with E-state index in [0.717, 1.165) is 31.4 Å². The van der Waals surface area contributed by atoms with Crippen LogP contribution in [0.3, 0.4) is 0 Å². The van der Waals surface area contributed by atoms with Gasteiger partial charge in [0.2, 0.25) is 0 Å². The van der Waals surface area contributed by atoms with Crippen molar-refractivity contribution in [3.8, 4) is 0 Å². The molecule has 0 spiro atoms. The molecule has 0 aromatic carbocycles. The van der Waals surface area contributed by atoms with Crippen molar-refractivity contribution in [3.63, 3.8) is 0 Å². The number of thioether (sulfide) groups is 1. The Hall–Kier alpha value is 0.180. The van der Waals surface area contributed by atoms with Gasteiger partial charge in [-0.3, -0.25) is 0 Å². The number of aliphatic hydroxyl groups is 1. The maximum atomic E-state index is 12.3. The first kappa shape index (κ1) is 16.2. The van der Waals surface area contributed by atoms with Crippen molar-refractivity contribution in [1.29, 1.82) is 0 Å². The lowest BCUT2D eigenvalue weighted by Crippen LogP contribution is -2.53. The Balaban J connectivity index is 2.71. The molecule has 1 heterocycles. The molecule has 2 N–H and O–H groups in total. The molecule has 0 radical (unpaired) electrons. The fourth-order valence-electron chi connectivity index (χ4n) is 2.19. The van der Waals surface area contributed by atoms with Crippen LogP contribution in [-0.4, -0.2) is 55.1 Å². The van der Waals surface area contributed by atoms with Crippen molar-refractivity contribution in [2.45, 2.75) is 44.7 Å². The summed E-state index contributed by atoms with van der Waals surface area (Å²) < 4.78 is 28.8. The molecule has 0 aromatic rings. The minimum atomic E-state index is -3.47. The molecule has 1 aliphatic rings. The maximum absolute atomic E-state index is 12.3. The Morgan fingerprint density at radius 3 is 2.78 bits per heavy atom. The molecule has 18 heavy (non-hydrogen) atoms. The molecule has 0 amide bonds. The standard InChI is InChI=1S/C11H24N2O3S2/c1-3-10(9-17-2)12-18(15,16)13-7-5-4-6-11(13)8-14/h10-12,14H,3-9H2,1-2H3. The van der Waals surface area contributed by atoms with Gasteiger partial charge in [0.1, 0.15) is 0 Å². The summed E-state index contributed by atoms with van der Waals surface area (Å²) in [5, 5.41) is 9.28. The third-order valence-electron chi connectivity index (χ3n) is 3.27. The molecule has 5 nitrogen and oxygen atoms in total. The zero-order chi connectivity index (χ0) is 13.6. The summed E-state index contributed by atoms with van der Waals surface area (Å²) in [5.41, 5.74) is 0. The van der Waals surface area contributed by atoms with E-state index in [0.29, 0.717) is 6.54 Å². The number of nitrogens with one attached hydrogen (secondary N) is 1. The summed E-state index contributed by atoms with van der Waals surface area (Å²) in [7, 11) is -3.47. The van der Waals surface area contributed by atoms with E-state index in [1.165, 1.54) is 4.31 Å². The summed E-state index contributed by atoms with van der Waals surface area (Å²) in [6.45, 7) is 2.39. The number of hydrogen-bond donors (Lipinski definition) is 2. The van der Waals surface area contributed by atoms with Crippen molar-refractivity contribution < 1.29 is 13.5 Å². The van der Waals surface area contributed by atoms with E-state index in [2.05, 4.69) is 4.72 Å². The monoisotopic (exact) mass is 296 g/mol. The molecule has 2 atom stereocenters. The van der Waals surface area contributed by atoms with Crippen molar-refractivity contribution in [1.82, 2.24) is 9.03 Å². The van der Waals surface area contributed by atoms with E-state index in [9.17, 15) is 13.5 Å². The first-order valence-corrected chi connectivity index (χ1v) is 9.27. The molecule has 7 heteroatoms. The number of nitrogens with zero attached hydrogens (tertiary/aromatic N) is 1. The van der Waals surface area contributed by atoms with Crippen LogP contribution in [0, 0.1) is 0 Å². The highest BCUT2D eigenvalue weighted by molar-refractivity contribution is 7.98. The van der Waals surface area contributed by atoms with E-state index in [1.54, 1.807) is 11.8 Å². The molecule has 2 unspecified atom stereocenters. The second kappa shape index (κ2) is 7.69. The van der Waals surface area contributed by atoms with Crippen molar-refractivity contribution >= 4 is 22.0 Å². The highest BCUT2D eigenvalue weighted by Gasteiger charge is 2.32. The zero-order valence-electron chi connectivity index (χ0n) is 11.1. The third kappa shape index (κ3) is 4.38. The minimum absolute atomic E-state index is 0.0359. The van der Waals surface area contributed by atoms with Crippen LogP contribution in [-0.2, 0) is 10.2 Å². The predicted molar refractivity (Wildman–Crippen MR) is 75.9 cm³/mol. The molecular weight excluding hydrogens is 272 g/mol. The first-order valence-electron chi connectivity index (χ1n) is 6.44. The average molecular weight is 296 g/mol. The minimum Gasteiger partial charge on any atom is -0.395 e. The number of aliphatic hydroxyl groups excluding tert-OH is 1. The molecule has 0 aliphatic carbocycles. The second-order valence-electron chi connectivity index (χ2n) is 4.63. The van der Waals surface area contributed by atoms with E-state index in [-0.39, 0.29) is 18.7 Å². The molecule has 0 saturated carbocycles. The van der Waals surface area contributed by atoms with Crippen LogP contribution in [0.5, 0.6) is 0 Å².